The van der Waals surface area contributed by atoms with E-state index in [4.69, 9.17) is 10.8 Å². The third-order valence-electron chi connectivity index (χ3n) is 2.56. The van der Waals surface area contributed by atoms with E-state index in [9.17, 15) is 17.6 Å². The van der Waals surface area contributed by atoms with Gasteiger partial charge in [-0.25, -0.2) is 4.39 Å². The second-order valence-electron chi connectivity index (χ2n) is 4.10. The van der Waals surface area contributed by atoms with Crippen LogP contribution in [0.4, 0.5) is 17.6 Å². The molecule has 0 aliphatic rings. The van der Waals surface area contributed by atoms with Crippen LogP contribution in [0.15, 0.2) is 23.3 Å². The zero-order valence-corrected chi connectivity index (χ0v) is 10.7. The molecule has 1 rings (SSSR count). The van der Waals surface area contributed by atoms with Gasteiger partial charge in [-0.3, -0.25) is 5.32 Å². The van der Waals surface area contributed by atoms with Crippen LogP contribution in [0.3, 0.4) is 0 Å². The molecule has 0 heterocycles. The maximum absolute atomic E-state index is 13.3. The minimum atomic E-state index is -4.68. The fourth-order valence-corrected chi connectivity index (χ4v) is 1.62. The molecule has 0 fully saturated rings. The maximum atomic E-state index is 13.3. The van der Waals surface area contributed by atoms with Crippen LogP contribution in [0.25, 0.3) is 10.4 Å². The van der Waals surface area contributed by atoms with Crippen LogP contribution in [0.2, 0.25) is 0 Å². The van der Waals surface area contributed by atoms with Crippen LogP contribution in [0, 0.1) is 17.1 Å². The van der Waals surface area contributed by atoms with E-state index >= 15 is 0 Å². The molecular formula is C12H11F4N5. The molecule has 9 heteroatoms. The van der Waals surface area contributed by atoms with Gasteiger partial charge >= 0.3 is 6.18 Å². The molecule has 0 aliphatic heterocycles. The smallest absolute Gasteiger partial charge is 0.298 e. The topological polar surface area (TPSA) is 84.6 Å². The fourth-order valence-electron chi connectivity index (χ4n) is 1.62. The molecule has 5 nitrogen and oxygen atoms in total. The molecule has 0 saturated heterocycles. The molecule has 1 atom stereocenters. The second kappa shape index (κ2) is 7.47. The highest BCUT2D eigenvalue weighted by Crippen LogP contribution is 2.31. The molecule has 1 unspecified atom stereocenters. The molecule has 0 saturated carbocycles. The Bertz CT molecular complexity index is 572. The van der Waals surface area contributed by atoms with Gasteiger partial charge in [0.05, 0.1) is 11.6 Å². The SMILES string of the molecule is N#CC(NCCCN=[N+]=[N-])c1cc(F)cc(C(F)(F)F)c1. The van der Waals surface area contributed by atoms with Crippen molar-refractivity contribution in [2.45, 2.75) is 18.6 Å². The highest BCUT2D eigenvalue weighted by atomic mass is 19.4. The van der Waals surface area contributed by atoms with Gasteiger partial charge in [0, 0.05) is 11.5 Å². The minimum Gasteiger partial charge on any atom is -0.298 e. The highest BCUT2D eigenvalue weighted by Gasteiger charge is 2.32. The Kier molecular flexibility index (Phi) is 5.96. The Morgan fingerprint density at radius 2 is 2.10 bits per heavy atom. The van der Waals surface area contributed by atoms with Crippen LogP contribution in [0.5, 0.6) is 0 Å². The number of benzene rings is 1. The maximum Gasteiger partial charge on any atom is 0.416 e. The summed E-state index contributed by atoms with van der Waals surface area (Å²) in [6.45, 7) is 0.438. The largest absolute Gasteiger partial charge is 0.416 e. The number of nitrogens with zero attached hydrogens (tertiary/aromatic N) is 4. The van der Waals surface area contributed by atoms with Crippen molar-refractivity contribution in [2.24, 2.45) is 5.11 Å². The molecule has 1 aromatic carbocycles. The van der Waals surface area contributed by atoms with Crippen molar-refractivity contribution in [2.75, 3.05) is 13.1 Å². The summed E-state index contributed by atoms with van der Waals surface area (Å²) >= 11 is 0. The van der Waals surface area contributed by atoms with E-state index in [2.05, 4.69) is 15.3 Å². The first-order valence-electron chi connectivity index (χ1n) is 5.90. The van der Waals surface area contributed by atoms with E-state index in [-0.39, 0.29) is 18.7 Å². The molecule has 0 bridgehead atoms. The molecule has 1 N–H and O–H groups in total. The van der Waals surface area contributed by atoms with E-state index in [0.717, 1.165) is 12.1 Å². The zero-order chi connectivity index (χ0) is 15.9. The predicted molar refractivity (Wildman–Crippen MR) is 66.4 cm³/mol. The summed E-state index contributed by atoms with van der Waals surface area (Å²) in [6.07, 6.45) is -4.28. The van der Waals surface area contributed by atoms with E-state index in [1.54, 1.807) is 6.07 Å². The highest BCUT2D eigenvalue weighted by molar-refractivity contribution is 5.31. The van der Waals surface area contributed by atoms with Crippen molar-refractivity contribution in [3.05, 3.63) is 45.6 Å². The van der Waals surface area contributed by atoms with Gasteiger partial charge in [0.1, 0.15) is 11.9 Å². The van der Waals surface area contributed by atoms with Gasteiger partial charge < -0.3 is 0 Å². The number of rotatable bonds is 6. The lowest BCUT2D eigenvalue weighted by Crippen LogP contribution is -2.22. The Balaban J connectivity index is 2.83. The third kappa shape index (κ3) is 5.30. The number of alkyl halides is 3. The van der Waals surface area contributed by atoms with Gasteiger partial charge in [0.15, 0.2) is 0 Å². The molecule has 0 spiro atoms. The zero-order valence-electron chi connectivity index (χ0n) is 10.7. The van der Waals surface area contributed by atoms with E-state index in [0.29, 0.717) is 12.5 Å². The summed E-state index contributed by atoms with van der Waals surface area (Å²) in [7, 11) is 0. The Morgan fingerprint density at radius 1 is 1.38 bits per heavy atom. The summed E-state index contributed by atoms with van der Waals surface area (Å²) in [5.74, 6) is -1.06. The van der Waals surface area contributed by atoms with Crippen molar-refractivity contribution in [1.82, 2.24) is 5.32 Å². The first kappa shape index (κ1) is 16.8. The van der Waals surface area contributed by atoms with Gasteiger partial charge in [-0.05, 0) is 42.3 Å². The van der Waals surface area contributed by atoms with Gasteiger partial charge in [-0.2, -0.15) is 18.4 Å². The molecule has 0 aromatic heterocycles. The average molecular weight is 301 g/mol. The first-order valence-corrected chi connectivity index (χ1v) is 5.90. The fraction of sp³-hybridized carbons (Fsp3) is 0.417. The summed E-state index contributed by atoms with van der Waals surface area (Å²) in [4.78, 5) is 2.54. The molecule has 112 valence electrons. The summed E-state index contributed by atoms with van der Waals surface area (Å²) in [5, 5.41) is 14.9. The molecule has 0 radical (unpaired) electrons. The summed E-state index contributed by atoms with van der Waals surface area (Å²) in [6, 6.07) is 2.68. The van der Waals surface area contributed by atoms with Gasteiger partial charge in [-0.15, -0.1) is 0 Å². The van der Waals surface area contributed by atoms with Gasteiger partial charge in [-0.1, -0.05) is 5.11 Å². The van der Waals surface area contributed by atoms with Gasteiger partial charge in [0.2, 0.25) is 0 Å². The van der Waals surface area contributed by atoms with E-state index < -0.39 is 23.6 Å². The van der Waals surface area contributed by atoms with Crippen LogP contribution in [-0.2, 0) is 6.18 Å². The number of azide groups is 1. The molecule has 0 amide bonds. The lowest BCUT2D eigenvalue weighted by Gasteiger charge is -2.14. The number of hydrogen-bond donors (Lipinski definition) is 1. The van der Waals surface area contributed by atoms with Crippen molar-refractivity contribution in [3.8, 4) is 6.07 Å². The van der Waals surface area contributed by atoms with E-state index in [1.807, 2.05) is 0 Å². The van der Waals surface area contributed by atoms with Crippen molar-refractivity contribution < 1.29 is 17.6 Å². The molecular weight excluding hydrogens is 290 g/mol. The van der Waals surface area contributed by atoms with Crippen molar-refractivity contribution in [1.29, 1.82) is 5.26 Å². The third-order valence-corrected chi connectivity index (χ3v) is 2.56. The first-order chi connectivity index (χ1) is 9.88. The summed E-state index contributed by atoms with van der Waals surface area (Å²) in [5.41, 5.74) is 6.83. The standard InChI is InChI=1S/C12H11F4N5/c13-10-5-8(4-9(6-10)12(14,15)16)11(7-17)19-2-1-3-20-21-18/h4-6,11,19H,1-3H2. The van der Waals surface area contributed by atoms with Crippen molar-refractivity contribution in [3.63, 3.8) is 0 Å². The molecule has 0 aliphatic carbocycles. The normalized spacial score (nSPS) is 12.3. The monoisotopic (exact) mass is 301 g/mol. The summed E-state index contributed by atoms with van der Waals surface area (Å²) < 4.78 is 51.0. The Labute approximate surface area is 117 Å². The van der Waals surface area contributed by atoms with Crippen LogP contribution in [-0.4, -0.2) is 13.1 Å². The molecule has 1 aromatic rings. The lowest BCUT2D eigenvalue weighted by atomic mass is 10.0. The van der Waals surface area contributed by atoms with Crippen molar-refractivity contribution >= 4 is 0 Å². The Hall–Kier alpha value is -2.30. The van der Waals surface area contributed by atoms with Crippen LogP contribution in [0.1, 0.15) is 23.6 Å². The van der Waals surface area contributed by atoms with Crippen LogP contribution < -0.4 is 5.32 Å². The van der Waals surface area contributed by atoms with E-state index in [1.165, 1.54) is 0 Å². The number of halogens is 4. The number of nitriles is 1. The predicted octanol–water partition coefficient (Wildman–Crippen LogP) is 3.70. The second-order valence-corrected chi connectivity index (χ2v) is 4.10. The number of nitrogens with one attached hydrogen (secondary N) is 1. The molecule has 21 heavy (non-hydrogen) atoms. The number of hydrogen-bond acceptors (Lipinski definition) is 3. The Morgan fingerprint density at radius 3 is 2.67 bits per heavy atom. The minimum absolute atomic E-state index is 0.103. The lowest BCUT2D eigenvalue weighted by molar-refractivity contribution is -0.137. The van der Waals surface area contributed by atoms with Crippen LogP contribution >= 0.6 is 0 Å². The quantitative estimate of drug-likeness (QED) is 0.285. The average Bonchev–Trinajstić information content (AvgIpc) is 2.41. The van der Waals surface area contributed by atoms with Gasteiger partial charge in [0.25, 0.3) is 0 Å².